The lowest BCUT2D eigenvalue weighted by molar-refractivity contribution is 0.00791. The van der Waals surface area contributed by atoms with Crippen LogP contribution in [0.3, 0.4) is 0 Å². The average molecular weight is 264 g/mol. The molecule has 1 N–H and O–H groups in total. The van der Waals surface area contributed by atoms with E-state index in [1.807, 2.05) is 0 Å². The van der Waals surface area contributed by atoms with Crippen molar-refractivity contribution in [2.75, 3.05) is 6.61 Å². The second-order valence-electron chi connectivity index (χ2n) is 7.30. The molecule has 0 heterocycles. The molecule has 0 amide bonds. The molecule has 0 aromatic rings. The van der Waals surface area contributed by atoms with Crippen LogP contribution >= 0.6 is 0 Å². The van der Waals surface area contributed by atoms with Gasteiger partial charge in [0.1, 0.15) is 0 Å². The fourth-order valence-electron chi connectivity index (χ4n) is 5.27. The summed E-state index contributed by atoms with van der Waals surface area (Å²) in [4.78, 5) is 0. The van der Waals surface area contributed by atoms with Crippen molar-refractivity contribution in [3.05, 3.63) is 12.7 Å². The Morgan fingerprint density at radius 1 is 1.37 bits per heavy atom. The standard InChI is InChI=1S/C18H32O/c1-5-13(3)16-9-11-18(4)14(10-12-19)7-8-17(18)15(16)6-2/h6,13-17,19H,2,5,7-12H2,1,3-4H3/t13-,14-,15?,16?,17?,18-/m1/s1. The van der Waals surface area contributed by atoms with Crippen LogP contribution in [0.1, 0.15) is 59.3 Å². The van der Waals surface area contributed by atoms with Crippen LogP contribution in [0.25, 0.3) is 0 Å². The first-order valence-corrected chi connectivity index (χ1v) is 8.31. The summed E-state index contributed by atoms with van der Waals surface area (Å²) >= 11 is 0. The molecule has 0 aromatic carbocycles. The quantitative estimate of drug-likeness (QED) is 0.716. The Kier molecular flexibility index (Phi) is 4.76. The highest BCUT2D eigenvalue weighted by molar-refractivity contribution is 5.06. The summed E-state index contributed by atoms with van der Waals surface area (Å²) in [5, 5.41) is 9.31. The molecule has 19 heavy (non-hydrogen) atoms. The number of aliphatic hydroxyl groups is 1. The van der Waals surface area contributed by atoms with Crippen LogP contribution in [0.5, 0.6) is 0 Å². The molecule has 1 heteroatoms. The number of rotatable bonds is 5. The molecule has 0 aliphatic heterocycles. The molecule has 110 valence electrons. The average Bonchev–Trinajstić information content (AvgIpc) is 2.74. The Hall–Kier alpha value is -0.300. The van der Waals surface area contributed by atoms with Crippen LogP contribution in [-0.2, 0) is 0 Å². The summed E-state index contributed by atoms with van der Waals surface area (Å²) in [6.45, 7) is 11.8. The van der Waals surface area contributed by atoms with Crippen molar-refractivity contribution in [2.24, 2.45) is 35.0 Å². The van der Waals surface area contributed by atoms with E-state index in [0.717, 1.165) is 30.1 Å². The molecule has 3 unspecified atom stereocenters. The maximum absolute atomic E-state index is 9.31. The topological polar surface area (TPSA) is 20.2 Å². The van der Waals surface area contributed by atoms with Crippen molar-refractivity contribution in [1.29, 1.82) is 0 Å². The molecule has 2 aliphatic carbocycles. The molecular weight excluding hydrogens is 232 g/mol. The number of aliphatic hydroxyl groups excluding tert-OH is 1. The van der Waals surface area contributed by atoms with Gasteiger partial charge in [-0.3, -0.25) is 0 Å². The first-order chi connectivity index (χ1) is 9.08. The van der Waals surface area contributed by atoms with Crippen LogP contribution in [0.15, 0.2) is 12.7 Å². The van der Waals surface area contributed by atoms with Gasteiger partial charge in [0.2, 0.25) is 0 Å². The second-order valence-corrected chi connectivity index (χ2v) is 7.30. The first kappa shape index (κ1) is 15.1. The van der Waals surface area contributed by atoms with Crippen molar-refractivity contribution < 1.29 is 5.11 Å². The summed E-state index contributed by atoms with van der Waals surface area (Å²) in [6.07, 6.45) is 9.95. The van der Waals surface area contributed by atoms with Gasteiger partial charge in [-0.15, -0.1) is 6.58 Å². The molecule has 2 fully saturated rings. The van der Waals surface area contributed by atoms with E-state index in [9.17, 15) is 5.11 Å². The lowest BCUT2D eigenvalue weighted by Crippen LogP contribution is -2.42. The van der Waals surface area contributed by atoms with Gasteiger partial charge in [-0.1, -0.05) is 33.3 Å². The lowest BCUT2D eigenvalue weighted by atomic mass is 9.55. The third kappa shape index (κ3) is 2.51. The number of allylic oxidation sites excluding steroid dienone is 1. The smallest absolute Gasteiger partial charge is 0.0433 e. The molecule has 0 aromatic heterocycles. The van der Waals surface area contributed by atoms with Crippen LogP contribution in [0, 0.1) is 35.0 Å². The highest BCUT2D eigenvalue weighted by atomic mass is 16.3. The fourth-order valence-corrected chi connectivity index (χ4v) is 5.27. The van der Waals surface area contributed by atoms with E-state index in [0.29, 0.717) is 17.9 Å². The zero-order chi connectivity index (χ0) is 14.0. The second kappa shape index (κ2) is 5.99. The minimum Gasteiger partial charge on any atom is -0.396 e. The van der Waals surface area contributed by atoms with Gasteiger partial charge in [-0.25, -0.2) is 0 Å². The van der Waals surface area contributed by atoms with Gasteiger partial charge in [0.25, 0.3) is 0 Å². The minimum atomic E-state index is 0.362. The summed E-state index contributed by atoms with van der Waals surface area (Å²) in [6, 6.07) is 0. The van der Waals surface area contributed by atoms with Gasteiger partial charge in [-0.05, 0) is 67.1 Å². The van der Waals surface area contributed by atoms with E-state index < -0.39 is 0 Å². The van der Waals surface area contributed by atoms with E-state index in [4.69, 9.17) is 0 Å². The first-order valence-electron chi connectivity index (χ1n) is 8.31. The van der Waals surface area contributed by atoms with E-state index >= 15 is 0 Å². The summed E-state index contributed by atoms with van der Waals surface area (Å²) in [5.74, 6) is 3.92. The van der Waals surface area contributed by atoms with Gasteiger partial charge < -0.3 is 5.11 Å². The fraction of sp³-hybridized carbons (Fsp3) is 0.889. The summed E-state index contributed by atoms with van der Waals surface area (Å²) in [5.41, 5.74) is 0.464. The van der Waals surface area contributed by atoms with Crippen LogP contribution in [0.2, 0.25) is 0 Å². The molecule has 0 radical (unpaired) electrons. The third-order valence-electron chi connectivity index (χ3n) is 6.71. The van der Waals surface area contributed by atoms with Gasteiger partial charge in [0.15, 0.2) is 0 Å². The van der Waals surface area contributed by atoms with Crippen molar-refractivity contribution in [3.63, 3.8) is 0 Å². The van der Waals surface area contributed by atoms with Crippen LogP contribution in [0.4, 0.5) is 0 Å². The van der Waals surface area contributed by atoms with Gasteiger partial charge in [-0.2, -0.15) is 0 Å². The number of hydrogen-bond acceptors (Lipinski definition) is 1. The summed E-state index contributed by atoms with van der Waals surface area (Å²) in [7, 11) is 0. The zero-order valence-corrected chi connectivity index (χ0v) is 13.1. The zero-order valence-electron chi connectivity index (χ0n) is 13.1. The minimum absolute atomic E-state index is 0.362. The van der Waals surface area contributed by atoms with Crippen molar-refractivity contribution >= 4 is 0 Å². The molecule has 1 nitrogen and oxygen atoms in total. The monoisotopic (exact) mass is 264 g/mol. The maximum atomic E-state index is 9.31. The van der Waals surface area contributed by atoms with Crippen LogP contribution < -0.4 is 0 Å². The third-order valence-corrected chi connectivity index (χ3v) is 6.71. The molecule has 6 atom stereocenters. The predicted octanol–water partition coefficient (Wildman–Crippen LogP) is 4.66. The molecular formula is C18H32O. The molecule has 0 spiro atoms. The maximum Gasteiger partial charge on any atom is 0.0433 e. The van der Waals surface area contributed by atoms with Crippen molar-refractivity contribution in [1.82, 2.24) is 0 Å². The highest BCUT2D eigenvalue weighted by Crippen LogP contribution is 2.61. The van der Waals surface area contributed by atoms with Gasteiger partial charge in [0.05, 0.1) is 0 Å². The molecule has 2 rings (SSSR count). The van der Waals surface area contributed by atoms with E-state index in [-0.39, 0.29) is 0 Å². The SMILES string of the molecule is C=CC1C([C@H](C)CC)CC[C@@]2(C)C1CC[C@@H]2CCO. The Morgan fingerprint density at radius 3 is 2.68 bits per heavy atom. The normalized spacial score (nSPS) is 43.8. The lowest BCUT2D eigenvalue weighted by Gasteiger charge is -2.49. The number of fused-ring (bicyclic) bond motifs is 1. The largest absolute Gasteiger partial charge is 0.396 e. The van der Waals surface area contributed by atoms with Crippen molar-refractivity contribution in [3.8, 4) is 0 Å². The molecule has 0 saturated heterocycles. The summed E-state index contributed by atoms with van der Waals surface area (Å²) < 4.78 is 0. The van der Waals surface area contributed by atoms with E-state index in [1.165, 1.54) is 32.1 Å². The van der Waals surface area contributed by atoms with Crippen LogP contribution in [-0.4, -0.2) is 11.7 Å². The van der Waals surface area contributed by atoms with Gasteiger partial charge >= 0.3 is 0 Å². The Balaban J connectivity index is 2.18. The Labute approximate surface area is 119 Å². The molecule has 2 saturated carbocycles. The molecule has 0 bridgehead atoms. The van der Waals surface area contributed by atoms with E-state index in [2.05, 4.69) is 33.4 Å². The number of hydrogen-bond donors (Lipinski definition) is 1. The van der Waals surface area contributed by atoms with Gasteiger partial charge in [0, 0.05) is 6.61 Å². The van der Waals surface area contributed by atoms with Crippen molar-refractivity contribution in [2.45, 2.75) is 59.3 Å². The molecule has 2 aliphatic rings. The van der Waals surface area contributed by atoms with E-state index in [1.54, 1.807) is 0 Å². The predicted molar refractivity (Wildman–Crippen MR) is 81.9 cm³/mol. The Bertz CT molecular complexity index is 311. The highest BCUT2D eigenvalue weighted by Gasteiger charge is 2.52. The Morgan fingerprint density at radius 2 is 2.11 bits per heavy atom.